The fourth-order valence-corrected chi connectivity index (χ4v) is 4.67. The Kier molecular flexibility index (Phi) is 5.51. The Morgan fingerprint density at radius 3 is 2.39 bits per heavy atom. The summed E-state index contributed by atoms with van der Waals surface area (Å²) in [6.07, 6.45) is -1.55. The van der Waals surface area contributed by atoms with Crippen LogP contribution in [-0.2, 0) is 21.2 Å². The molecule has 2 aromatic carbocycles. The number of primary amides is 1. The van der Waals surface area contributed by atoms with Crippen molar-refractivity contribution in [2.75, 3.05) is 25.0 Å². The molecule has 0 unspecified atom stereocenters. The van der Waals surface area contributed by atoms with Gasteiger partial charge in [0.15, 0.2) is 0 Å². The molecular weight excluding hydrogens is 435 g/mol. The molecule has 0 bridgehead atoms. The van der Waals surface area contributed by atoms with Gasteiger partial charge in [0.1, 0.15) is 0 Å². The predicted octanol–water partition coefficient (Wildman–Crippen LogP) is 3.35. The highest BCUT2D eigenvalue weighted by molar-refractivity contribution is 6.09. The molecule has 2 aliphatic heterocycles. The van der Waals surface area contributed by atoms with Gasteiger partial charge in [0, 0.05) is 37.5 Å². The summed E-state index contributed by atoms with van der Waals surface area (Å²) in [4.78, 5) is 40.5. The minimum atomic E-state index is -4.52. The van der Waals surface area contributed by atoms with Gasteiger partial charge in [-0.3, -0.25) is 14.4 Å². The van der Waals surface area contributed by atoms with E-state index < -0.39 is 29.0 Å². The summed E-state index contributed by atoms with van der Waals surface area (Å²) in [5, 5.41) is 0. The van der Waals surface area contributed by atoms with Crippen molar-refractivity contribution in [3.8, 4) is 0 Å². The third-order valence-electron chi connectivity index (χ3n) is 6.47. The average molecular weight is 457 g/mol. The van der Waals surface area contributed by atoms with Gasteiger partial charge < -0.3 is 15.5 Å². The number of piperidine rings is 1. The molecule has 0 atom stereocenters. The molecule has 0 radical (unpaired) electrons. The number of hydrogen-bond acceptors (Lipinski definition) is 3. The molecule has 2 heterocycles. The summed E-state index contributed by atoms with van der Waals surface area (Å²) in [5.41, 5.74) is 5.37. The second kappa shape index (κ2) is 8.06. The van der Waals surface area contributed by atoms with Crippen LogP contribution in [0.25, 0.3) is 6.08 Å². The molecule has 0 aliphatic carbocycles. The van der Waals surface area contributed by atoms with Crippen LogP contribution in [0, 0.1) is 0 Å². The smallest absolute Gasteiger partial charge is 0.366 e. The second-order valence-corrected chi connectivity index (χ2v) is 8.29. The molecule has 1 saturated heterocycles. The number of fused-ring (bicyclic) bond motifs is 2. The number of carbonyl (C=O) groups excluding carboxylic acids is 3. The summed E-state index contributed by atoms with van der Waals surface area (Å²) in [7, 11) is 1.66. The molecule has 3 amide bonds. The van der Waals surface area contributed by atoms with E-state index in [4.69, 9.17) is 5.73 Å². The van der Waals surface area contributed by atoms with E-state index in [0.717, 1.165) is 12.1 Å². The normalized spacial score (nSPS) is 17.6. The van der Waals surface area contributed by atoms with Gasteiger partial charge in [-0.15, -0.1) is 0 Å². The number of likely N-dealkylation sites (tertiary alicyclic amines) is 1. The minimum absolute atomic E-state index is 0.0904. The molecule has 0 saturated carbocycles. The lowest BCUT2D eigenvalue weighted by Crippen LogP contribution is -2.49. The highest BCUT2D eigenvalue weighted by Gasteiger charge is 2.51. The van der Waals surface area contributed by atoms with E-state index in [-0.39, 0.29) is 24.6 Å². The van der Waals surface area contributed by atoms with E-state index in [0.29, 0.717) is 29.7 Å². The minimum Gasteiger partial charge on any atom is -0.366 e. The van der Waals surface area contributed by atoms with Crippen LogP contribution < -0.4 is 10.6 Å². The first-order valence-corrected chi connectivity index (χ1v) is 10.4. The third-order valence-corrected chi connectivity index (χ3v) is 6.47. The molecule has 4 rings (SSSR count). The first kappa shape index (κ1) is 22.6. The number of amides is 3. The molecule has 172 valence electrons. The van der Waals surface area contributed by atoms with Gasteiger partial charge in [-0.25, -0.2) is 0 Å². The number of alkyl halides is 3. The lowest BCUT2D eigenvalue weighted by Gasteiger charge is -2.38. The molecule has 0 aromatic heterocycles. The van der Waals surface area contributed by atoms with Gasteiger partial charge in [-0.05, 0) is 54.3 Å². The Labute approximate surface area is 188 Å². The zero-order valence-corrected chi connectivity index (χ0v) is 17.9. The molecule has 2 N–H and O–H groups in total. The van der Waals surface area contributed by atoms with E-state index in [1.165, 1.54) is 29.2 Å². The molecule has 1 spiro atoms. The van der Waals surface area contributed by atoms with Gasteiger partial charge in [0.2, 0.25) is 17.7 Å². The maximum Gasteiger partial charge on any atom is 0.416 e. The first-order chi connectivity index (χ1) is 15.5. The number of rotatable bonds is 3. The Morgan fingerprint density at radius 1 is 1.09 bits per heavy atom. The number of nitrogens with two attached hydrogens (primary N) is 1. The standard InChI is InChI=1S/C24H22F3N3O3/c1-29-19-8-6-16(21(28)32)14-18(19)23(22(29)33)10-12-30(13-11-23)20(31)9-7-15-4-2-3-5-17(15)24(25,26)27/h2-9,14H,10-13H2,1H3,(H2,28,32)/b9-7+. The van der Waals surface area contributed by atoms with Crippen LogP contribution in [0.15, 0.2) is 48.5 Å². The van der Waals surface area contributed by atoms with E-state index in [1.54, 1.807) is 30.1 Å². The number of carbonyl (C=O) groups is 3. The van der Waals surface area contributed by atoms with Gasteiger partial charge in [0.05, 0.1) is 11.0 Å². The number of anilines is 1. The fraction of sp³-hybridized carbons (Fsp3) is 0.292. The monoisotopic (exact) mass is 457 g/mol. The highest BCUT2D eigenvalue weighted by Crippen LogP contribution is 2.47. The first-order valence-electron chi connectivity index (χ1n) is 10.4. The summed E-state index contributed by atoms with van der Waals surface area (Å²) >= 11 is 0. The Hall–Kier alpha value is -3.62. The second-order valence-electron chi connectivity index (χ2n) is 8.29. The maximum atomic E-state index is 13.2. The predicted molar refractivity (Wildman–Crippen MR) is 116 cm³/mol. The largest absolute Gasteiger partial charge is 0.416 e. The van der Waals surface area contributed by atoms with Crippen molar-refractivity contribution in [2.24, 2.45) is 5.73 Å². The summed E-state index contributed by atoms with van der Waals surface area (Å²) < 4.78 is 39.5. The van der Waals surface area contributed by atoms with Gasteiger partial charge in [-0.2, -0.15) is 13.2 Å². The van der Waals surface area contributed by atoms with Crippen LogP contribution in [0.5, 0.6) is 0 Å². The van der Waals surface area contributed by atoms with Crippen molar-refractivity contribution in [3.63, 3.8) is 0 Å². The zero-order valence-electron chi connectivity index (χ0n) is 17.9. The molecule has 1 fully saturated rings. The van der Waals surface area contributed by atoms with E-state index in [1.807, 2.05) is 0 Å². The molecule has 6 nitrogen and oxygen atoms in total. The molecule has 9 heteroatoms. The van der Waals surface area contributed by atoms with Crippen LogP contribution in [0.3, 0.4) is 0 Å². The molecule has 33 heavy (non-hydrogen) atoms. The molecule has 2 aromatic rings. The quantitative estimate of drug-likeness (QED) is 0.718. The number of halogens is 3. The zero-order chi connectivity index (χ0) is 24.0. The van der Waals surface area contributed by atoms with Crippen LogP contribution in [0.2, 0.25) is 0 Å². The third kappa shape index (κ3) is 3.88. The van der Waals surface area contributed by atoms with E-state index in [2.05, 4.69) is 0 Å². The van der Waals surface area contributed by atoms with Gasteiger partial charge in [-0.1, -0.05) is 18.2 Å². The lowest BCUT2D eigenvalue weighted by molar-refractivity contribution is -0.137. The van der Waals surface area contributed by atoms with E-state index in [9.17, 15) is 27.6 Å². The summed E-state index contributed by atoms with van der Waals surface area (Å²) in [5.74, 6) is -1.13. The topological polar surface area (TPSA) is 83.7 Å². The van der Waals surface area contributed by atoms with Crippen molar-refractivity contribution >= 4 is 29.5 Å². The van der Waals surface area contributed by atoms with Crippen LogP contribution in [-0.4, -0.2) is 42.8 Å². The fourth-order valence-electron chi connectivity index (χ4n) is 4.67. The van der Waals surface area contributed by atoms with Crippen molar-refractivity contribution in [2.45, 2.75) is 24.4 Å². The van der Waals surface area contributed by atoms with Crippen molar-refractivity contribution in [3.05, 3.63) is 70.8 Å². The SMILES string of the molecule is CN1C(=O)C2(CCN(C(=O)/C=C/c3ccccc3C(F)(F)F)CC2)c2cc(C(N)=O)ccc21. The lowest BCUT2D eigenvalue weighted by atomic mass is 9.73. The van der Waals surface area contributed by atoms with Crippen molar-refractivity contribution in [1.29, 1.82) is 0 Å². The van der Waals surface area contributed by atoms with Gasteiger partial charge >= 0.3 is 6.18 Å². The van der Waals surface area contributed by atoms with Crippen LogP contribution in [0.4, 0.5) is 18.9 Å². The summed E-state index contributed by atoms with van der Waals surface area (Å²) in [6.45, 7) is 0.508. The maximum absolute atomic E-state index is 13.2. The van der Waals surface area contributed by atoms with Crippen molar-refractivity contribution in [1.82, 2.24) is 4.90 Å². The Bertz CT molecular complexity index is 1170. The Balaban J connectivity index is 1.53. The number of hydrogen-bond donors (Lipinski definition) is 1. The Morgan fingerprint density at radius 2 is 1.76 bits per heavy atom. The molecule has 2 aliphatic rings. The number of benzene rings is 2. The average Bonchev–Trinajstić information content (AvgIpc) is 2.99. The summed E-state index contributed by atoms with van der Waals surface area (Å²) in [6, 6.07) is 9.96. The number of likely N-dealkylation sites (N-methyl/N-ethyl adjacent to an activating group) is 1. The number of nitrogens with zero attached hydrogens (tertiary/aromatic N) is 2. The van der Waals surface area contributed by atoms with E-state index >= 15 is 0 Å². The van der Waals surface area contributed by atoms with Crippen LogP contribution >= 0.6 is 0 Å². The highest BCUT2D eigenvalue weighted by atomic mass is 19.4. The van der Waals surface area contributed by atoms with Crippen LogP contribution in [0.1, 0.15) is 39.9 Å². The van der Waals surface area contributed by atoms with Gasteiger partial charge in [0.25, 0.3) is 0 Å². The molecular formula is C24H22F3N3O3. The van der Waals surface area contributed by atoms with Crippen molar-refractivity contribution < 1.29 is 27.6 Å².